The Bertz CT molecular complexity index is 957. The number of fused-ring (bicyclic) bond motifs is 2. The second kappa shape index (κ2) is 11.5. The van der Waals surface area contributed by atoms with E-state index in [-0.39, 0.29) is 47.2 Å². The minimum absolute atomic E-state index is 0.0136. The first kappa shape index (κ1) is 31.5. The summed E-state index contributed by atoms with van der Waals surface area (Å²) in [5, 5.41) is 8.71. The molecule has 0 aromatic carbocycles. The molecule has 3 N–H and O–H groups in total. The molecule has 0 saturated carbocycles. The van der Waals surface area contributed by atoms with Gasteiger partial charge in [-0.2, -0.15) is 0 Å². The fourth-order valence-electron chi connectivity index (χ4n) is 5.41. The van der Waals surface area contributed by atoms with Gasteiger partial charge in [-0.05, 0) is 70.6 Å². The van der Waals surface area contributed by atoms with Crippen LogP contribution in [0.15, 0.2) is 0 Å². The SMILES string of the molecule is CC(C)CC1NC(=O)CNC(=O)C2CCCN2C(C(=O)NC(C)(C)C)C2C(CO[Si](C)(C)C(C)(C)C)N2C1=O. The number of nitrogens with one attached hydrogen (secondary N) is 3. The Labute approximate surface area is 235 Å². The topological polar surface area (TPSA) is 120 Å². The Kier molecular flexibility index (Phi) is 9.29. The van der Waals surface area contributed by atoms with Crippen molar-refractivity contribution in [1.82, 2.24) is 25.8 Å². The van der Waals surface area contributed by atoms with Crippen LogP contribution < -0.4 is 16.0 Å². The third kappa shape index (κ3) is 7.41. The van der Waals surface area contributed by atoms with Gasteiger partial charge in [0.05, 0.1) is 31.3 Å². The molecule has 0 radical (unpaired) electrons. The molecular formula is C28H51N5O5Si. The maximum Gasteiger partial charge on any atom is 0.245 e. The van der Waals surface area contributed by atoms with Crippen molar-refractivity contribution in [2.45, 2.75) is 129 Å². The lowest BCUT2D eigenvalue weighted by atomic mass is 10.0. The standard InChI is InChI=1S/C28H51N5O5Si/c1-17(2)14-18-26(37)33-20(16-38-39(9,10)28(6,7)8)22(33)23(25(36)31-27(3,4)5)32-13-11-12-19(32)24(35)29-15-21(34)30-18/h17-20,22-23H,11-16H2,1-10H3,(H,29,35)(H,30,34)(H,31,36). The molecule has 0 spiro atoms. The van der Waals surface area contributed by atoms with Gasteiger partial charge in [-0.15, -0.1) is 0 Å². The van der Waals surface area contributed by atoms with Gasteiger partial charge in [0.2, 0.25) is 23.6 Å². The summed E-state index contributed by atoms with van der Waals surface area (Å²) < 4.78 is 6.58. The number of hydrogen-bond donors (Lipinski definition) is 3. The number of amides is 4. The Balaban J connectivity index is 2.05. The molecule has 5 unspecified atom stereocenters. The number of hydrogen-bond acceptors (Lipinski definition) is 6. The van der Waals surface area contributed by atoms with Gasteiger partial charge in [0.25, 0.3) is 0 Å². The summed E-state index contributed by atoms with van der Waals surface area (Å²) >= 11 is 0. The Hall–Kier alpha value is -1.98. The largest absolute Gasteiger partial charge is 0.415 e. The Morgan fingerprint density at radius 2 is 1.77 bits per heavy atom. The van der Waals surface area contributed by atoms with E-state index in [1.807, 2.05) is 39.5 Å². The zero-order chi connectivity index (χ0) is 29.5. The van der Waals surface area contributed by atoms with Gasteiger partial charge in [0, 0.05) is 5.54 Å². The molecule has 3 aliphatic heterocycles. The zero-order valence-electron chi connectivity index (χ0n) is 25.6. The summed E-state index contributed by atoms with van der Waals surface area (Å²) in [6, 6.07) is -2.76. The van der Waals surface area contributed by atoms with E-state index in [4.69, 9.17) is 4.43 Å². The quantitative estimate of drug-likeness (QED) is 0.335. The highest BCUT2D eigenvalue weighted by molar-refractivity contribution is 6.74. The van der Waals surface area contributed by atoms with Gasteiger partial charge in [0.1, 0.15) is 12.1 Å². The molecule has 0 aromatic heterocycles. The van der Waals surface area contributed by atoms with E-state index < -0.39 is 38.0 Å². The monoisotopic (exact) mass is 565 g/mol. The van der Waals surface area contributed by atoms with Gasteiger partial charge in [0.15, 0.2) is 8.32 Å². The molecule has 3 saturated heterocycles. The number of nitrogens with zero attached hydrogens (tertiary/aromatic N) is 2. The summed E-state index contributed by atoms with van der Waals surface area (Å²) in [6.07, 6.45) is 1.81. The van der Waals surface area contributed by atoms with Crippen molar-refractivity contribution >= 4 is 31.9 Å². The zero-order valence-corrected chi connectivity index (χ0v) is 26.6. The predicted molar refractivity (Wildman–Crippen MR) is 153 cm³/mol. The average Bonchev–Trinajstić information content (AvgIpc) is 3.25. The van der Waals surface area contributed by atoms with Crippen LogP contribution in [-0.2, 0) is 23.6 Å². The summed E-state index contributed by atoms with van der Waals surface area (Å²) in [7, 11) is -2.14. The lowest BCUT2D eigenvalue weighted by Crippen LogP contribution is -2.60. The molecule has 10 nitrogen and oxygen atoms in total. The molecule has 4 amide bonds. The van der Waals surface area contributed by atoms with Crippen LogP contribution in [0.3, 0.4) is 0 Å². The maximum absolute atomic E-state index is 14.1. The number of carbonyl (C=O) groups excluding carboxylic acids is 4. The van der Waals surface area contributed by atoms with E-state index in [2.05, 4.69) is 49.8 Å². The highest BCUT2D eigenvalue weighted by atomic mass is 28.4. The second-order valence-corrected chi connectivity index (χ2v) is 19.2. The maximum atomic E-state index is 14.1. The molecule has 39 heavy (non-hydrogen) atoms. The van der Waals surface area contributed by atoms with Crippen molar-refractivity contribution in [3.05, 3.63) is 0 Å². The fourth-order valence-corrected chi connectivity index (χ4v) is 6.44. The third-order valence-electron chi connectivity index (χ3n) is 8.47. The molecule has 3 fully saturated rings. The van der Waals surface area contributed by atoms with E-state index in [1.165, 1.54) is 0 Å². The summed E-state index contributed by atoms with van der Waals surface area (Å²) in [6.45, 7) is 21.3. The fraction of sp³-hybridized carbons (Fsp3) is 0.857. The number of rotatable bonds is 6. The molecule has 0 aromatic rings. The van der Waals surface area contributed by atoms with E-state index in [0.717, 1.165) is 6.42 Å². The van der Waals surface area contributed by atoms with Crippen LogP contribution in [-0.4, -0.2) is 97.2 Å². The molecule has 3 rings (SSSR count). The molecule has 222 valence electrons. The van der Waals surface area contributed by atoms with Crippen LogP contribution in [0.1, 0.15) is 74.7 Å². The van der Waals surface area contributed by atoms with E-state index in [0.29, 0.717) is 26.0 Å². The van der Waals surface area contributed by atoms with Crippen LogP contribution in [0.5, 0.6) is 0 Å². The summed E-state index contributed by atoms with van der Waals surface area (Å²) in [5.74, 6) is -0.875. The van der Waals surface area contributed by atoms with Crippen molar-refractivity contribution in [1.29, 1.82) is 0 Å². The lowest BCUT2D eigenvalue weighted by Gasteiger charge is -2.36. The van der Waals surface area contributed by atoms with Crippen LogP contribution in [0.4, 0.5) is 0 Å². The van der Waals surface area contributed by atoms with Crippen LogP contribution in [0, 0.1) is 5.92 Å². The molecule has 3 aliphatic rings. The van der Waals surface area contributed by atoms with E-state index in [1.54, 1.807) is 4.90 Å². The highest BCUT2D eigenvalue weighted by Crippen LogP contribution is 2.41. The summed E-state index contributed by atoms with van der Waals surface area (Å²) in [5.41, 5.74) is -0.483. The van der Waals surface area contributed by atoms with Gasteiger partial charge < -0.3 is 25.3 Å². The first-order valence-corrected chi connectivity index (χ1v) is 17.4. The average molecular weight is 566 g/mol. The van der Waals surface area contributed by atoms with Crippen molar-refractivity contribution in [2.75, 3.05) is 19.7 Å². The smallest absolute Gasteiger partial charge is 0.245 e. The molecular weight excluding hydrogens is 514 g/mol. The molecule has 5 atom stereocenters. The van der Waals surface area contributed by atoms with Gasteiger partial charge >= 0.3 is 0 Å². The minimum Gasteiger partial charge on any atom is -0.415 e. The van der Waals surface area contributed by atoms with Crippen molar-refractivity contribution in [3.8, 4) is 0 Å². The Morgan fingerprint density at radius 1 is 1.13 bits per heavy atom. The van der Waals surface area contributed by atoms with Gasteiger partial charge in [-0.25, -0.2) is 0 Å². The van der Waals surface area contributed by atoms with Crippen molar-refractivity contribution in [2.24, 2.45) is 5.92 Å². The van der Waals surface area contributed by atoms with Gasteiger partial charge in [-0.1, -0.05) is 34.6 Å². The minimum atomic E-state index is -2.14. The lowest BCUT2D eigenvalue weighted by molar-refractivity contribution is -0.137. The second-order valence-electron chi connectivity index (χ2n) is 14.4. The van der Waals surface area contributed by atoms with Crippen molar-refractivity contribution in [3.63, 3.8) is 0 Å². The van der Waals surface area contributed by atoms with Gasteiger partial charge in [-0.3, -0.25) is 24.1 Å². The van der Waals surface area contributed by atoms with Crippen LogP contribution >= 0.6 is 0 Å². The molecule has 11 heteroatoms. The van der Waals surface area contributed by atoms with E-state index >= 15 is 0 Å². The molecule has 0 aliphatic carbocycles. The Morgan fingerprint density at radius 3 is 2.33 bits per heavy atom. The normalized spacial score (nSPS) is 29.2. The molecule has 0 bridgehead atoms. The first-order chi connectivity index (χ1) is 17.8. The number of carbonyl (C=O) groups is 4. The van der Waals surface area contributed by atoms with Crippen LogP contribution in [0.25, 0.3) is 0 Å². The van der Waals surface area contributed by atoms with E-state index in [9.17, 15) is 19.2 Å². The summed E-state index contributed by atoms with van der Waals surface area (Å²) in [4.78, 5) is 57.7. The first-order valence-electron chi connectivity index (χ1n) is 14.4. The predicted octanol–water partition coefficient (Wildman–Crippen LogP) is 2.00. The molecule has 3 heterocycles. The third-order valence-corrected chi connectivity index (χ3v) is 13.0. The van der Waals surface area contributed by atoms with Crippen LogP contribution in [0.2, 0.25) is 18.1 Å². The highest BCUT2D eigenvalue weighted by Gasteiger charge is 2.61. The van der Waals surface area contributed by atoms with Crippen molar-refractivity contribution < 1.29 is 23.6 Å².